The monoisotopic (exact) mass is 372 g/mol. The maximum Gasteiger partial charge on any atom is 0.258 e. The quantitative estimate of drug-likeness (QED) is 0.683. The lowest BCUT2D eigenvalue weighted by atomic mass is 10.2. The number of benzene rings is 2. The minimum absolute atomic E-state index is 0.332. The van der Waals surface area contributed by atoms with Crippen LogP contribution < -0.4 is 10.6 Å². The van der Waals surface area contributed by atoms with Crippen molar-refractivity contribution < 1.29 is 4.79 Å². The van der Waals surface area contributed by atoms with Crippen LogP contribution in [-0.2, 0) is 6.54 Å². The van der Waals surface area contributed by atoms with Crippen LogP contribution >= 0.6 is 23.2 Å². The van der Waals surface area contributed by atoms with Crippen LogP contribution in [0.15, 0.2) is 60.7 Å². The molecule has 0 spiro atoms. The standard InChI is InChI=1S/C18H14Cl2N4O/c19-13-7-5-12(6-8-13)11-21-16-9-10-17(24-23-16)22-18(25)14-3-1-2-4-15(14)20/h1-10H,11H2,(H,21,23)(H,22,24,25). The van der Waals surface area contributed by atoms with E-state index in [1.165, 1.54) is 0 Å². The van der Waals surface area contributed by atoms with E-state index in [-0.39, 0.29) is 5.91 Å². The van der Waals surface area contributed by atoms with E-state index in [0.29, 0.717) is 33.8 Å². The van der Waals surface area contributed by atoms with Gasteiger partial charge in [0, 0.05) is 11.6 Å². The number of rotatable bonds is 5. The number of anilines is 2. The first kappa shape index (κ1) is 17.2. The van der Waals surface area contributed by atoms with Crippen molar-refractivity contribution in [3.63, 3.8) is 0 Å². The van der Waals surface area contributed by atoms with Gasteiger partial charge in [-0.1, -0.05) is 47.5 Å². The zero-order valence-electron chi connectivity index (χ0n) is 13.0. The van der Waals surface area contributed by atoms with Gasteiger partial charge in [-0.2, -0.15) is 0 Å². The van der Waals surface area contributed by atoms with Crippen LogP contribution in [-0.4, -0.2) is 16.1 Å². The number of carbonyl (C=O) groups excluding carboxylic acids is 1. The first-order chi connectivity index (χ1) is 12.1. The second-order valence-electron chi connectivity index (χ2n) is 5.22. The first-order valence-corrected chi connectivity index (χ1v) is 8.25. The Hall–Kier alpha value is -2.63. The number of amides is 1. The summed E-state index contributed by atoms with van der Waals surface area (Å²) in [5.74, 6) is 0.620. The predicted molar refractivity (Wildman–Crippen MR) is 100 cm³/mol. The first-order valence-electron chi connectivity index (χ1n) is 7.50. The second kappa shape index (κ2) is 7.96. The third-order valence-corrected chi connectivity index (χ3v) is 3.99. The molecule has 3 aromatic rings. The van der Waals surface area contributed by atoms with E-state index in [1.54, 1.807) is 36.4 Å². The fourth-order valence-corrected chi connectivity index (χ4v) is 2.46. The van der Waals surface area contributed by atoms with E-state index in [4.69, 9.17) is 23.2 Å². The van der Waals surface area contributed by atoms with Gasteiger partial charge in [0.15, 0.2) is 5.82 Å². The molecule has 1 amide bonds. The highest BCUT2D eigenvalue weighted by Gasteiger charge is 2.10. The third-order valence-electron chi connectivity index (χ3n) is 3.41. The number of hydrogen-bond donors (Lipinski definition) is 2. The minimum atomic E-state index is -0.332. The molecule has 0 bridgehead atoms. The summed E-state index contributed by atoms with van der Waals surface area (Å²) in [6.45, 7) is 0.594. The summed E-state index contributed by atoms with van der Waals surface area (Å²) in [5.41, 5.74) is 1.46. The normalized spacial score (nSPS) is 10.3. The molecule has 1 aromatic heterocycles. The van der Waals surface area contributed by atoms with Crippen molar-refractivity contribution in [1.29, 1.82) is 0 Å². The van der Waals surface area contributed by atoms with E-state index >= 15 is 0 Å². The molecule has 2 aromatic carbocycles. The third kappa shape index (κ3) is 4.68. The van der Waals surface area contributed by atoms with Gasteiger partial charge in [0.25, 0.3) is 5.91 Å². The van der Waals surface area contributed by atoms with Crippen LogP contribution in [0.1, 0.15) is 15.9 Å². The molecule has 0 radical (unpaired) electrons. The average molecular weight is 373 g/mol. The van der Waals surface area contributed by atoms with E-state index in [2.05, 4.69) is 20.8 Å². The molecule has 0 aliphatic carbocycles. The zero-order chi connectivity index (χ0) is 17.6. The predicted octanol–water partition coefficient (Wildman–Crippen LogP) is 4.65. The molecule has 2 N–H and O–H groups in total. The smallest absolute Gasteiger partial charge is 0.258 e. The summed E-state index contributed by atoms with van der Waals surface area (Å²) in [6.07, 6.45) is 0. The van der Waals surface area contributed by atoms with Crippen molar-refractivity contribution in [2.24, 2.45) is 0 Å². The lowest BCUT2D eigenvalue weighted by molar-refractivity contribution is 0.102. The zero-order valence-corrected chi connectivity index (χ0v) is 14.6. The molecule has 0 saturated heterocycles. The topological polar surface area (TPSA) is 66.9 Å². The molecule has 0 aliphatic heterocycles. The number of nitrogens with zero attached hydrogens (tertiary/aromatic N) is 2. The second-order valence-corrected chi connectivity index (χ2v) is 6.06. The van der Waals surface area contributed by atoms with Crippen LogP contribution in [0, 0.1) is 0 Å². The number of hydrogen-bond acceptors (Lipinski definition) is 4. The lowest BCUT2D eigenvalue weighted by Gasteiger charge is -2.07. The van der Waals surface area contributed by atoms with Crippen LogP contribution in [0.2, 0.25) is 10.0 Å². The van der Waals surface area contributed by atoms with Gasteiger partial charge < -0.3 is 10.6 Å². The fourth-order valence-electron chi connectivity index (χ4n) is 2.12. The Morgan fingerprint density at radius 1 is 0.880 bits per heavy atom. The van der Waals surface area contributed by atoms with Crippen molar-refractivity contribution in [2.75, 3.05) is 10.6 Å². The van der Waals surface area contributed by atoms with Gasteiger partial charge in [-0.25, -0.2) is 0 Å². The molecule has 7 heteroatoms. The number of nitrogens with one attached hydrogen (secondary N) is 2. The van der Waals surface area contributed by atoms with E-state index in [0.717, 1.165) is 5.56 Å². The summed E-state index contributed by atoms with van der Waals surface area (Å²) >= 11 is 11.9. The highest BCUT2D eigenvalue weighted by Crippen LogP contribution is 2.17. The van der Waals surface area contributed by atoms with E-state index in [9.17, 15) is 4.79 Å². The van der Waals surface area contributed by atoms with Crippen LogP contribution in [0.4, 0.5) is 11.6 Å². The summed E-state index contributed by atoms with van der Waals surface area (Å²) in [6, 6.07) is 17.8. The number of aromatic nitrogens is 2. The molecule has 0 atom stereocenters. The SMILES string of the molecule is O=C(Nc1ccc(NCc2ccc(Cl)cc2)nn1)c1ccccc1Cl. The Bertz CT molecular complexity index is 867. The van der Waals surface area contributed by atoms with Gasteiger partial charge in [0.05, 0.1) is 10.6 Å². The molecule has 5 nitrogen and oxygen atoms in total. The van der Waals surface area contributed by atoms with Crippen molar-refractivity contribution in [3.05, 3.63) is 81.8 Å². The molecule has 1 heterocycles. The fraction of sp³-hybridized carbons (Fsp3) is 0.0556. The van der Waals surface area contributed by atoms with Crippen molar-refractivity contribution in [2.45, 2.75) is 6.54 Å². The summed E-state index contributed by atoms with van der Waals surface area (Å²) in [4.78, 5) is 12.2. The van der Waals surface area contributed by atoms with Gasteiger partial charge in [-0.15, -0.1) is 10.2 Å². The molecular weight excluding hydrogens is 359 g/mol. The summed E-state index contributed by atoms with van der Waals surface area (Å²) < 4.78 is 0. The van der Waals surface area contributed by atoms with Crippen molar-refractivity contribution in [3.8, 4) is 0 Å². The molecular formula is C18H14Cl2N4O. The van der Waals surface area contributed by atoms with Crippen LogP contribution in [0.3, 0.4) is 0 Å². The Balaban J connectivity index is 1.59. The summed E-state index contributed by atoms with van der Waals surface area (Å²) in [5, 5.41) is 14.9. The Kier molecular flexibility index (Phi) is 5.48. The summed E-state index contributed by atoms with van der Waals surface area (Å²) in [7, 11) is 0. The highest BCUT2D eigenvalue weighted by molar-refractivity contribution is 6.34. The van der Waals surface area contributed by atoms with Gasteiger partial charge >= 0.3 is 0 Å². The molecule has 0 unspecified atom stereocenters. The molecule has 0 fully saturated rings. The highest BCUT2D eigenvalue weighted by atomic mass is 35.5. The maximum absolute atomic E-state index is 12.2. The number of carbonyl (C=O) groups is 1. The molecule has 0 saturated carbocycles. The molecule has 0 aliphatic rings. The Labute approximate surface area is 155 Å². The maximum atomic E-state index is 12.2. The molecule has 25 heavy (non-hydrogen) atoms. The van der Waals surface area contributed by atoms with Crippen molar-refractivity contribution >= 4 is 40.7 Å². The Morgan fingerprint density at radius 3 is 2.24 bits per heavy atom. The Morgan fingerprint density at radius 2 is 1.56 bits per heavy atom. The molecule has 3 rings (SSSR count). The van der Waals surface area contributed by atoms with Crippen LogP contribution in [0.5, 0.6) is 0 Å². The van der Waals surface area contributed by atoms with Gasteiger partial charge in [0.1, 0.15) is 5.82 Å². The average Bonchev–Trinajstić information content (AvgIpc) is 2.63. The van der Waals surface area contributed by atoms with Gasteiger partial charge in [0.2, 0.25) is 0 Å². The minimum Gasteiger partial charge on any atom is -0.365 e. The lowest BCUT2D eigenvalue weighted by Crippen LogP contribution is -2.14. The molecule has 126 valence electrons. The largest absolute Gasteiger partial charge is 0.365 e. The van der Waals surface area contributed by atoms with E-state index < -0.39 is 0 Å². The van der Waals surface area contributed by atoms with Crippen LogP contribution in [0.25, 0.3) is 0 Å². The van der Waals surface area contributed by atoms with Gasteiger partial charge in [-0.3, -0.25) is 4.79 Å². The van der Waals surface area contributed by atoms with E-state index in [1.807, 2.05) is 24.3 Å². The van der Waals surface area contributed by atoms with Gasteiger partial charge in [-0.05, 0) is 42.0 Å². The number of halogens is 2. The van der Waals surface area contributed by atoms with Crippen molar-refractivity contribution in [1.82, 2.24) is 10.2 Å².